The maximum Gasteiger partial charge on any atom is 0.410 e. The van der Waals surface area contributed by atoms with Crippen molar-refractivity contribution in [3.63, 3.8) is 0 Å². The Morgan fingerprint density at radius 3 is 2.56 bits per heavy atom. The minimum atomic E-state index is -0.240. The predicted octanol–water partition coefficient (Wildman–Crippen LogP) is 3.98. The summed E-state index contributed by atoms with van der Waals surface area (Å²) in [5.74, 6) is 0.856. The van der Waals surface area contributed by atoms with Crippen LogP contribution in [0.3, 0.4) is 0 Å². The van der Waals surface area contributed by atoms with Crippen LogP contribution in [0.4, 0.5) is 4.79 Å². The summed E-state index contributed by atoms with van der Waals surface area (Å²) >= 11 is 0. The molecule has 2 aromatic rings. The lowest BCUT2D eigenvalue weighted by Gasteiger charge is -2.40. The van der Waals surface area contributed by atoms with E-state index >= 15 is 0 Å². The first kappa shape index (κ1) is 19.2. The smallest absolute Gasteiger partial charge is 0.410 e. The van der Waals surface area contributed by atoms with E-state index in [0.29, 0.717) is 13.2 Å². The van der Waals surface area contributed by atoms with Crippen molar-refractivity contribution >= 4 is 6.09 Å². The Hall–Kier alpha value is -2.53. The molecule has 144 valence electrons. The molecule has 1 fully saturated rings. The number of amides is 1. The Labute approximate surface area is 161 Å². The molecule has 0 aliphatic carbocycles. The van der Waals surface area contributed by atoms with Crippen LogP contribution in [0.25, 0.3) is 0 Å². The topological polar surface area (TPSA) is 50.8 Å². The molecule has 0 spiro atoms. The first-order chi connectivity index (χ1) is 13.1. The van der Waals surface area contributed by atoms with E-state index < -0.39 is 0 Å². The number of piperidine rings is 1. The molecular formula is C22H28N2O3. The molecule has 0 radical (unpaired) electrons. The van der Waals surface area contributed by atoms with Crippen molar-refractivity contribution < 1.29 is 14.3 Å². The van der Waals surface area contributed by atoms with E-state index in [9.17, 15) is 4.79 Å². The van der Waals surface area contributed by atoms with Crippen molar-refractivity contribution in [2.45, 2.75) is 38.5 Å². The highest BCUT2D eigenvalue weighted by Gasteiger charge is 2.33. The van der Waals surface area contributed by atoms with Crippen LogP contribution < -0.4 is 10.1 Å². The number of likely N-dealkylation sites (tertiary alicyclic amines) is 1. The fourth-order valence-electron chi connectivity index (χ4n) is 3.41. The van der Waals surface area contributed by atoms with Gasteiger partial charge in [0.15, 0.2) is 0 Å². The van der Waals surface area contributed by atoms with Gasteiger partial charge in [-0.3, -0.25) is 0 Å². The molecule has 1 atom stereocenters. The second kappa shape index (κ2) is 8.91. The highest BCUT2D eigenvalue weighted by atomic mass is 16.6. The van der Waals surface area contributed by atoms with Crippen molar-refractivity contribution in [3.8, 4) is 5.75 Å². The number of nitrogens with zero attached hydrogens (tertiary/aromatic N) is 1. The third-order valence-electron chi connectivity index (χ3n) is 5.04. The standard InChI is InChI=1S/C22H28N2O3/c1-22(23-15-18-9-11-20(26-2)12-10-18)13-6-14-24(17-22)21(25)27-16-19-7-4-3-5-8-19/h3-5,7-12,23H,6,13-17H2,1-2H3/t22-/m1/s1. The van der Waals surface area contributed by atoms with Crippen LogP contribution in [0.2, 0.25) is 0 Å². The molecule has 1 aliphatic heterocycles. The zero-order valence-corrected chi connectivity index (χ0v) is 16.1. The van der Waals surface area contributed by atoms with Crippen LogP contribution in [0.15, 0.2) is 54.6 Å². The van der Waals surface area contributed by atoms with Crippen molar-refractivity contribution in [3.05, 3.63) is 65.7 Å². The van der Waals surface area contributed by atoms with E-state index in [1.165, 1.54) is 5.56 Å². The van der Waals surface area contributed by atoms with Crippen LogP contribution in [0, 0.1) is 0 Å². The SMILES string of the molecule is COc1ccc(CN[C@]2(C)CCCN(C(=O)OCc3ccccc3)C2)cc1. The second-order valence-corrected chi connectivity index (χ2v) is 7.33. The molecular weight excluding hydrogens is 340 g/mol. The minimum Gasteiger partial charge on any atom is -0.497 e. The summed E-state index contributed by atoms with van der Waals surface area (Å²) in [6, 6.07) is 17.8. The average molecular weight is 368 g/mol. The van der Waals surface area contributed by atoms with Gasteiger partial charge in [0.05, 0.1) is 7.11 Å². The summed E-state index contributed by atoms with van der Waals surface area (Å²) in [4.78, 5) is 14.3. The van der Waals surface area contributed by atoms with Crippen LogP contribution in [0.5, 0.6) is 5.75 Å². The molecule has 5 nitrogen and oxygen atoms in total. The Bertz CT molecular complexity index is 733. The largest absolute Gasteiger partial charge is 0.497 e. The first-order valence-corrected chi connectivity index (χ1v) is 9.42. The molecule has 0 saturated carbocycles. The number of hydrogen-bond acceptors (Lipinski definition) is 4. The summed E-state index contributed by atoms with van der Waals surface area (Å²) in [5, 5.41) is 3.62. The number of carbonyl (C=O) groups is 1. The van der Waals surface area contributed by atoms with Gasteiger partial charge in [-0.15, -0.1) is 0 Å². The number of nitrogens with one attached hydrogen (secondary N) is 1. The predicted molar refractivity (Wildman–Crippen MR) is 106 cm³/mol. The molecule has 27 heavy (non-hydrogen) atoms. The minimum absolute atomic E-state index is 0.121. The Kier molecular flexibility index (Phi) is 6.35. The van der Waals surface area contributed by atoms with Crippen molar-refractivity contribution in [2.24, 2.45) is 0 Å². The number of methoxy groups -OCH3 is 1. The van der Waals surface area contributed by atoms with Gasteiger partial charge in [0.25, 0.3) is 0 Å². The van der Waals surface area contributed by atoms with Gasteiger partial charge in [-0.25, -0.2) is 4.79 Å². The van der Waals surface area contributed by atoms with Crippen LogP contribution in [-0.2, 0) is 17.9 Å². The van der Waals surface area contributed by atoms with E-state index in [0.717, 1.165) is 37.2 Å². The lowest BCUT2D eigenvalue weighted by molar-refractivity contribution is 0.0687. The van der Waals surface area contributed by atoms with Gasteiger partial charge < -0.3 is 19.7 Å². The third kappa shape index (κ3) is 5.47. The quantitative estimate of drug-likeness (QED) is 0.838. The maximum absolute atomic E-state index is 12.5. The number of rotatable bonds is 6. The molecule has 1 aliphatic rings. The molecule has 0 aromatic heterocycles. The third-order valence-corrected chi connectivity index (χ3v) is 5.04. The van der Waals surface area contributed by atoms with Crippen molar-refractivity contribution in [1.82, 2.24) is 10.2 Å². The molecule has 2 aromatic carbocycles. The van der Waals surface area contributed by atoms with E-state index in [-0.39, 0.29) is 11.6 Å². The monoisotopic (exact) mass is 368 g/mol. The molecule has 0 bridgehead atoms. The highest BCUT2D eigenvalue weighted by Crippen LogP contribution is 2.22. The fraction of sp³-hybridized carbons (Fsp3) is 0.409. The van der Waals surface area contributed by atoms with Crippen LogP contribution in [-0.4, -0.2) is 36.7 Å². The van der Waals surface area contributed by atoms with Gasteiger partial charge in [-0.2, -0.15) is 0 Å². The molecule has 1 N–H and O–H groups in total. The van der Waals surface area contributed by atoms with Crippen molar-refractivity contribution in [2.75, 3.05) is 20.2 Å². The zero-order valence-electron chi connectivity index (χ0n) is 16.1. The molecule has 1 saturated heterocycles. The molecule has 1 heterocycles. The first-order valence-electron chi connectivity index (χ1n) is 9.42. The van der Waals surface area contributed by atoms with Gasteiger partial charge in [0.1, 0.15) is 12.4 Å². The number of hydrogen-bond donors (Lipinski definition) is 1. The summed E-state index contributed by atoms with van der Waals surface area (Å²) in [6.45, 7) is 4.64. The maximum atomic E-state index is 12.5. The Morgan fingerprint density at radius 1 is 1.11 bits per heavy atom. The van der Waals surface area contributed by atoms with Gasteiger partial charge in [0.2, 0.25) is 0 Å². The summed E-state index contributed by atoms with van der Waals surface area (Å²) in [5.41, 5.74) is 2.08. The summed E-state index contributed by atoms with van der Waals surface area (Å²) in [6.07, 6.45) is 1.76. The van der Waals surface area contributed by atoms with Crippen LogP contribution in [0.1, 0.15) is 30.9 Å². The molecule has 0 unspecified atom stereocenters. The van der Waals surface area contributed by atoms with E-state index in [4.69, 9.17) is 9.47 Å². The fourth-order valence-corrected chi connectivity index (χ4v) is 3.41. The van der Waals surface area contributed by atoms with Crippen molar-refractivity contribution in [1.29, 1.82) is 0 Å². The highest BCUT2D eigenvalue weighted by molar-refractivity contribution is 5.68. The van der Waals surface area contributed by atoms with E-state index in [2.05, 4.69) is 24.4 Å². The Morgan fingerprint density at radius 2 is 1.85 bits per heavy atom. The number of carbonyl (C=O) groups excluding carboxylic acids is 1. The lowest BCUT2D eigenvalue weighted by atomic mass is 9.91. The van der Waals surface area contributed by atoms with Gasteiger partial charge in [-0.05, 0) is 43.0 Å². The van der Waals surface area contributed by atoms with Gasteiger partial charge in [0, 0.05) is 25.2 Å². The molecule has 5 heteroatoms. The average Bonchev–Trinajstić information content (AvgIpc) is 2.72. The number of benzene rings is 2. The van der Waals surface area contributed by atoms with Crippen LogP contribution >= 0.6 is 0 Å². The zero-order chi connectivity index (χ0) is 19.1. The molecule has 3 rings (SSSR count). The Balaban J connectivity index is 1.51. The summed E-state index contributed by atoms with van der Waals surface area (Å²) in [7, 11) is 1.67. The second-order valence-electron chi connectivity index (χ2n) is 7.33. The van der Waals surface area contributed by atoms with Gasteiger partial charge in [-0.1, -0.05) is 42.5 Å². The van der Waals surface area contributed by atoms with E-state index in [1.807, 2.05) is 47.4 Å². The van der Waals surface area contributed by atoms with Gasteiger partial charge >= 0.3 is 6.09 Å². The summed E-state index contributed by atoms with van der Waals surface area (Å²) < 4.78 is 10.7. The number of ether oxygens (including phenoxy) is 2. The lowest BCUT2D eigenvalue weighted by Crippen LogP contribution is -2.56. The normalized spacial score (nSPS) is 19.6. The molecule has 1 amide bonds. The van der Waals surface area contributed by atoms with E-state index in [1.54, 1.807) is 7.11 Å².